The Morgan fingerprint density at radius 1 is 1.15 bits per heavy atom. The Bertz CT molecular complexity index is 555. The Morgan fingerprint density at radius 2 is 2.00 bits per heavy atom. The molecular weight excluding hydrogens is 272 g/mol. The summed E-state index contributed by atoms with van der Waals surface area (Å²) < 4.78 is 6.13. The van der Waals surface area contributed by atoms with Crippen LogP contribution in [0.1, 0.15) is 18.1 Å². The Labute approximate surface area is 123 Å². The van der Waals surface area contributed by atoms with Gasteiger partial charge in [-0.05, 0) is 24.6 Å². The van der Waals surface area contributed by atoms with Gasteiger partial charge in [-0.25, -0.2) is 4.98 Å². The zero-order valence-corrected chi connectivity index (χ0v) is 11.9. The molecule has 0 amide bonds. The minimum atomic E-state index is 0.0113. The third-order valence-corrected chi connectivity index (χ3v) is 3.80. The Hall–Kier alpha value is -1.58. The van der Waals surface area contributed by atoms with E-state index in [1.54, 1.807) is 6.07 Å². The third-order valence-electron chi connectivity index (χ3n) is 3.59. The van der Waals surface area contributed by atoms with Crippen molar-refractivity contribution in [2.75, 3.05) is 13.1 Å². The zero-order valence-electron chi connectivity index (χ0n) is 11.1. The molecule has 0 saturated carbocycles. The fourth-order valence-electron chi connectivity index (χ4n) is 2.60. The Morgan fingerprint density at radius 3 is 2.70 bits per heavy atom. The number of hydrogen-bond acceptors (Lipinski definition) is 3. The van der Waals surface area contributed by atoms with E-state index in [-0.39, 0.29) is 6.10 Å². The fourth-order valence-corrected chi connectivity index (χ4v) is 2.76. The molecule has 1 fully saturated rings. The van der Waals surface area contributed by atoms with Crippen molar-refractivity contribution in [3.05, 3.63) is 59.2 Å². The van der Waals surface area contributed by atoms with Crippen LogP contribution in [0.25, 0.3) is 0 Å². The summed E-state index contributed by atoms with van der Waals surface area (Å²) in [5.74, 6) is 1.04. The average molecular weight is 289 g/mol. The van der Waals surface area contributed by atoms with Crippen LogP contribution in [0.5, 0.6) is 5.88 Å². The summed E-state index contributed by atoms with van der Waals surface area (Å²) in [6.07, 6.45) is 1.12. The van der Waals surface area contributed by atoms with Crippen molar-refractivity contribution < 1.29 is 4.74 Å². The highest BCUT2D eigenvalue weighted by molar-refractivity contribution is 6.29. The highest BCUT2D eigenvalue weighted by atomic mass is 35.5. The molecule has 1 saturated heterocycles. The molecule has 0 spiro atoms. The summed E-state index contributed by atoms with van der Waals surface area (Å²) in [5.41, 5.74) is 1.18. The monoisotopic (exact) mass is 288 g/mol. The van der Waals surface area contributed by atoms with Gasteiger partial charge in [-0.1, -0.05) is 48.0 Å². The zero-order chi connectivity index (χ0) is 13.8. The molecule has 1 aliphatic heterocycles. The smallest absolute Gasteiger partial charge is 0.215 e. The number of benzene rings is 1. The number of nitrogens with one attached hydrogen (secondary N) is 1. The van der Waals surface area contributed by atoms with E-state index in [9.17, 15) is 0 Å². The lowest BCUT2D eigenvalue weighted by atomic mass is 9.95. The maximum absolute atomic E-state index is 6.13. The molecule has 3 nitrogen and oxygen atoms in total. The summed E-state index contributed by atoms with van der Waals surface area (Å²) >= 11 is 5.93. The van der Waals surface area contributed by atoms with Crippen molar-refractivity contribution in [3.63, 3.8) is 0 Å². The van der Waals surface area contributed by atoms with Crippen LogP contribution in [0.3, 0.4) is 0 Å². The van der Waals surface area contributed by atoms with Gasteiger partial charge in [-0.15, -0.1) is 0 Å². The largest absolute Gasteiger partial charge is 0.469 e. The summed E-state index contributed by atoms with van der Waals surface area (Å²) in [6, 6.07) is 15.8. The summed E-state index contributed by atoms with van der Waals surface area (Å²) in [6.45, 7) is 2.01. The van der Waals surface area contributed by atoms with E-state index in [0.29, 0.717) is 17.0 Å². The second-order valence-corrected chi connectivity index (χ2v) is 5.39. The standard InChI is InChI=1S/C16H17ClN2O/c17-14-7-4-8-15(19-14)20-16(13-9-10-18-11-13)12-5-2-1-3-6-12/h1-8,13,16,18H,9-11H2/t13?,16-/m1/s1. The van der Waals surface area contributed by atoms with Crippen LogP contribution in [0.2, 0.25) is 5.15 Å². The molecule has 3 rings (SSSR count). The topological polar surface area (TPSA) is 34.1 Å². The van der Waals surface area contributed by atoms with Gasteiger partial charge in [0.05, 0.1) is 0 Å². The number of aromatic nitrogens is 1. The number of pyridine rings is 1. The molecule has 20 heavy (non-hydrogen) atoms. The van der Waals surface area contributed by atoms with Crippen molar-refractivity contribution in [1.82, 2.24) is 10.3 Å². The maximum Gasteiger partial charge on any atom is 0.215 e. The van der Waals surface area contributed by atoms with Gasteiger partial charge in [0.15, 0.2) is 0 Å². The van der Waals surface area contributed by atoms with Gasteiger partial charge >= 0.3 is 0 Å². The van der Waals surface area contributed by atoms with Crippen LogP contribution < -0.4 is 10.1 Å². The first-order valence-corrected chi connectivity index (χ1v) is 7.25. The molecule has 4 heteroatoms. The van der Waals surface area contributed by atoms with Gasteiger partial charge in [0.2, 0.25) is 5.88 Å². The number of nitrogens with zero attached hydrogens (tertiary/aromatic N) is 1. The van der Waals surface area contributed by atoms with Crippen molar-refractivity contribution in [1.29, 1.82) is 0 Å². The van der Waals surface area contributed by atoms with Gasteiger partial charge in [-0.2, -0.15) is 0 Å². The highest BCUT2D eigenvalue weighted by Crippen LogP contribution is 2.31. The molecule has 104 valence electrons. The molecule has 2 atom stereocenters. The summed E-state index contributed by atoms with van der Waals surface area (Å²) in [5, 5.41) is 3.85. The summed E-state index contributed by atoms with van der Waals surface area (Å²) in [7, 11) is 0. The van der Waals surface area contributed by atoms with E-state index in [0.717, 1.165) is 19.5 Å². The molecule has 0 aliphatic carbocycles. The first-order chi connectivity index (χ1) is 9.83. The van der Waals surface area contributed by atoms with Crippen LogP contribution in [-0.2, 0) is 0 Å². The van der Waals surface area contributed by atoms with Crippen LogP contribution in [0, 0.1) is 5.92 Å². The average Bonchev–Trinajstić information content (AvgIpc) is 3.00. The van der Waals surface area contributed by atoms with E-state index in [4.69, 9.17) is 16.3 Å². The number of halogens is 1. The van der Waals surface area contributed by atoms with Crippen LogP contribution in [0.15, 0.2) is 48.5 Å². The van der Waals surface area contributed by atoms with Crippen LogP contribution >= 0.6 is 11.6 Å². The highest BCUT2D eigenvalue weighted by Gasteiger charge is 2.28. The molecule has 1 aromatic heterocycles. The van der Waals surface area contributed by atoms with Crippen LogP contribution in [0.4, 0.5) is 0 Å². The van der Waals surface area contributed by atoms with Crippen molar-refractivity contribution in [3.8, 4) is 5.88 Å². The maximum atomic E-state index is 6.13. The van der Waals surface area contributed by atoms with E-state index in [1.807, 2.05) is 30.3 Å². The molecule has 2 heterocycles. The quantitative estimate of drug-likeness (QED) is 0.875. The predicted octanol–water partition coefficient (Wildman–Crippen LogP) is 3.46. The lowest BCUT2D eigenvalue weighted by molar-refractivity contribution is 0.138. The van der Waals surface area contributed by atoms with Crippen molar-refractivity contribution in [2.24, 2.45) is 5.92 Å². The van der Waals surface area contributed by atoms with Gasteiger partial charge < -0.3 is 10.1 Å². The van der Waals surface area contributed by atoms with Gasteiger partial charge in [0.25, 0.3) is 0 Å². The van der Waals surface area contributed by atoms with E-state index < -0.39 is 0 Å². The van der Waals surface area contributed by atoms with E-state index in [2.05, 4.69) is 22.4 Å². The Kier molecular flexibility index (Phi) is 4.19. The number of rotatable bonds is 4. The molecule has 1 aliphatic rings. The SMILES string of the molecule is Clc1cccc(O[C@H](c2ccccc2)C2CCNC2)n1. The van der Waals surface area contributed by atoms with Crippen LogP contribution in [-0.4, -0.2) is 18.1 Å². The van der Waals surface area contributed by atoms with E-state index in [1.165, 1.54) is 5.56 Å². The molecule has 0 bridgehead atoms. The molecule has 0 radical (unpaired) electrons. The molecular formula is C16H17ClN2O. The second-order valence-electron chi connectivity index (χ2n) is 5.00. The van der Waals surface area contributed by atoms with Gasteiger partial charge in [-0.3, -0.25) is 0 Å². The molecule has 1 N–H and O–H groups in total. The second kappa shape index (κ2) is 6.25. The normalized spacial score (nSPS) is 19.8. The first-order valence-electron chi connectivity index (χ1n) is 6.88. The van der Waals surface area contributed by atoms with Gasteiger partial charge in [0.1, 0.15) is 11.3 Å². The fraction of sp³-hybridized carbons (Fsp3) is 0.312. The molecule has 1 unspecified atom stereocenters. The number of ether oxygens (including phenoxy) is 1. The minimum Gasteiger partial charge on any atom is -0.469 e. The Balaban J connectivity index is 1.85. The minimum absolute atomic E-state index is 0.0113. The summed E-state index contributed by atoms with van der Waals surface area (Å²) in [4.78, 5) is 4.23. The predicted molar refractivity (Wildman–Crippen MR) is 80.0 cm³/mol. The lowest BCUT2D eigenvalue weighted by Gasteiger charge is -2.24. The van der Waals surface area contributed by atoms with Gasteiger partial charge in [0, 0.05) is 18.5 Å². The first kappa shape index (κ1) is 13.4. The van der Waals surface area contributed by atoms with Crippen molar-refractivity contribution >= 4 is 11.6 Å². The van der Waals surface area contributed by atoms with E-state index >= 15 is 0 Å². The third kappa shape index (κ3) is 3.11. The molecule has 1 aromatic carbocycles. The number of hydrogen-bond donors (Lipinski definition) is 1. The van der Waals surface area contributed by atoms with Crippen molar-refractivity contribution in [2.45, 2.75) is 12.5 Å². The molecule has 2 aromatic rings. The lowest BCUT2D eigenvalue weighted by Crippen LogP contribution is -2.21.